The summed E-state index contributed by atoms with van der Waals surface area (Å²) in [6.45, 7) is 2.34. The van der Waals surface area contributed by atoms with Gasteiger partial charge in [0.25, 0.3) is 0 Å². The number of aromatic nitrogens is 7. The Kier molecular flexibility index (Phi) is 4.53. The summed E-state index contributed by atoms with van der Waals surface area (Å²) in [5, 5.41) is 18.5. The lowest BCUT2D eigenvalue weighted by Crippen LogP contribution is -2.30. The number of carbonyl (C=O) groups excluding carboxylic acids is 1. The Hall–Kier alpha value is -3.30. The normalized spacial score (nSPS) is 13.8. The van der Waals surface area contributed by atoms with Crippen molar-refractivity contribution in [1.29, 1.82) is 0 Å². The van der Waals surface area contributed by atoms with Crippen LogP contribution in [0.2, 0.25) is 0 Å². The molecule has 0 atom stereocenters. The second-order valence-electron chi connectivity index (χ2n) is 6.56. The van der Waals surface area contributed by atoms with Crippen LogP contribution in [0.15, 0.2) is 29.1 Å². The highest BCUT2D eigenvalue weighted by Crippen LogP contribution is 2.15. The number of nitrogens with one attached hydrogen (secondary N) is 1. The monoisotopic (exact) mass is 368 g/mol. The lowest BCUT2D eigenvalue weighted by Gasteiger charge is -2.07. The highest BCUT2D eigenvalue weighted by molar-refractivity contribution is 5.90. The van der Waals surface area contributed by atoms with E-state index in [1.54, 1.807) is 34.4 Å². The summed E-state index contributed by atoms with van der Waals surface area (Å²) < 4.78 is 4.50. The standard InChI is InChI=1S/C17H20N8O2/c1-12-19-21-22-25(12)14-7-5-6-13(10-14)18-16(26)11-24-17(27)23-9-4-2-3-8-15(23)20-24/h5-7,10H,2-4,8-9,11H2,1H3,(H,18,26). The molecule has 0 spiro atoms. The van der Waals surface area contributed by atoms with Crippen molar-refractivity contribution >= 4 is 11.6 Å². The van der Waals surface area contributed by atoms with E-state index < -0.39 is 0 Å². The van der Waals surface area contributed by atoms with Crippen molar-refractivity contribution in [2.45, 2.75) is 45.7 Å². The zero-order chi connectivity index (χ0) is 18.8. The van der Waals surface area contributed by atoms with Gasteiger partial charge in [-0.1, -0.05) is 12.5 Å². The number of nitrogens with zero attached hydrogens (tertiary/aromatic N) is 7. The number of hydrogen-bond acceptors (Lipinski definition) is 6. The maximum absolute atomic E-state index is 12.5. The Morgan fingerprint density at radius 3 is 2.96 bits per heavy atom. The van der Waals surface area contributed by atoms with Crippen molar-refractivity contribution in [2.24, 2.45) is 0 Å². The summed E-state index contributed by atoms with van der Waals surface area (Å²) in [6.07, 6.45) is 3.86. The van der Waals surface area contributed by atoms with Crippen molar-refractivity contribution in [1.82, 2.24) is 34.6 Å². The van der Waals surface area contributed by atoms with E-state index in [0.717, 1.165) is 37.2 Å². The molecule has 1 aliphatic heterocycles. The van der Waals surface area contributed by atoms with Crippen LogP contribution in [0.5, 0.6) is 0 Å². The fourth-order valence-corrected chi connectivity index (χ4v) is 3.25. The van der Waals surface area contributed by atoms with E-state index in [0.29, 0.717) is 18.1 Å². The number of fused-ring (bicyclic) bond motifs is 1. The second-order valence-corrected chi connectivity index (χ2v) is 6.56. The number of rotatable bonds is 4. The third kappa shape index (κ3) is 3.50. The van der Waals surface area contributed by atoms with Gasteiger partial charge in [-0.25, -0.2) is 9.48 Å². The molecule has 10 nitrogen and oxygen atoms in total. The van der Waals surface area contributed by atoms with Crippen molar-refractivity contribution < 1.29 is 4.79 Å². The maximum Gasteiger partial charge on any atom is 0.346 e. The highest BCUT2D eigenvalue weighted by atomic mass is 16.2. The molecule has 1 aliphatic rings. The fraction of sp³-hybridized carbons (Fsp3) is 0.412. The van der Waals surface area contributed by atoms with Gasteiger partial charge in [0, 0.05) is 18.7 Å². The molecule has 27 heavy (non-hydrogen) atoms. The second kappa shape index (κ2) is 7.14. The summed E-state index contributed by atoms with van der Waals surface area (Å²) in [5.74, 6) is 1.10. The average molecular weight is 368 g/mol. The fourth-order valence-electron chi connectivity index (χ4n) is 3.25. The number of tetrazole rings is 1. The number of anilines is 1. The molecule has 4 rings (SSSR count). The number of hydrogen-bond donors (Lipinski definition) is 1. The third-order valence-electron chi connectivity index (χ3n) is 4.57. The van der Waals surface area contributed by atoms with Crippen LogP contribution < -0.4 is 11.0 Å². The molecule has 0 fully saturated rings. The van der Waals surface area contributed by atoms with Gasteiger partial charge in [0.1, 0.15) is 12.4 Å². The zero-order valence-corrected chi connectivity index (χ0v) is 15.0. The van der Waals surface area contributed by atoms with Crippen molar-refractivity contribution in [3.63, 3.8) is 0 Å². The van der Waals surface area contributed by atoms with Gasteiger partial charge in [0.05, 0.1) is 5.69 Å². The minimum atomic E-state index is -0.309. The Morgan fingerprint density at radius 2 is 2.15 bits per heavy atom. The van der Waals surface area contributed by atoms with Crippen LogP contribution in [0.1, 0.15) is 30.9 Å². The Labute approximate surface area is 154 Å². The number of amides is 1. The maximum atomic E-state index is 12.5. The topological polar surface area (TPSA) is 113 Å². The molecule has 1 amide bonds. The van der Waals surface area contributed by atoms with Gasteiger partial charge >= 0.3 is 5.69 Å². The first-order chi connectivity index (χ1) is 13.1. The molecule has 0 saturated carbocycles. The van der Waals surface area contributed by atoms with Crippen LogP contribution in [0.4, 0.5) is 5.69 Å². The molecule has 3 aromatic rings. The zero-order valence-electron chi connectivity index (χ0n) is 15.0. The van der Waals surface area contributed by atoms with Gasteiger partial charge in [0.2, 0.25) is 5.91 Å². The SMILES string of the molecule is Cc1nnnn1-c1cccc(NC(=O)Cn2nc3n(c2=O)CCCCC3)c1. The molecule has 0 aliphatic carbocycles. The van der Waals surface area contributed by atoms with Crippen LogP contribution in [-0.4, -0.2) is 40.5 Å². The minimum absolute atomic E-state index is 0.118. The number of benzene rings is 1. The highest BCUT2D eigenvalue weighted by Gasteiger charge is 2.17. The first kappa shape index (κ1) is 17.1. The molecule has 3 heterocycles. The molecule has 2 aromatic heterocycles. The molecule has 0 unspecified atom stereocenters. The van der Waals surface area contributed by atoms with Crippen molar-refractivity contribution in [3.8, 4) is 5.69 Å². The molecular formula is C17H20N8O2. The lowest BCUT2D eigenvalue weighted by molar-refractivity contribution is -0.117. The van der Waals surface area contributed by atoms with Gasteiger partial charge in [-0.15, -0.1) is 5.10 Å². The quantitative estimate of drug-likeness (QED) is 0.725. The molecule has 0 bridgehead atoms. The number of aryl methyl sites for hydroxylation is 2. The smallest absolute Gasteiger partial charge is 0.324 e. The van der Waals surface area contributed by atoms with Crippen LogP contribution in [0.3, 0.4) is 0 Å². The number of carbonyl (C=O) groups is 1. The van der Waals surface area contributed by atoms with E-state index in [2.05, 4.69) is 25.9 Å². The summed E-state index contributed by atoms with van der Waals surface area (Å²) in [6, 6.07) is 7.19. The minimum Gasteiger partial charge on any atom is -0.324 e. The van der Waals surface area contributed by atoms with Crippen molar-refractivity contribution in [3.05, 3.63) is 46.4 Å². The largest absolute Gasteiger partial charge is 0.346 e. The van der Waals surface area contributed by atoms with Crippen LogP contribution in [0.25, 0.3) is 5.69 Å². The van der Waals surface area contributed by atoms with Crippen molar-refractivity contribution in [2.75, 3.05) is 5.32 Å². The Bertz CT molecular complexity index is 1030. The van der Waals surface area contributed by atoms with E-state index in [1.165, 1.54) is 4.68 Å². The third-order valence-corrected chi connectivity index (χ3v) is 4.57. The van der Waals surface area contributed by atoms with Gasteiger partial charge in [0.15, 0.2) is 5.82 Å². The average Bonchev–Trinajstić information content (AvgIpc) is 3.10. The summed E-state index contributed by atoms with van der Waals surface area (Å²) in [5.41, 5.74) is 1.11. The van der Waals surface area contributed by atoms with E-state index in [4.69, 9.17) is 0 Å². The van der Waals surface area contributed by atoms with Gasteiger partial charge in [-0.05, 0) is 48.4 Å². The predicted molar refractivity (Wildman–Crippen MR) is 96.6 cm³/mol. The first-order valence-electron chi connectivity index (χ1n) is 8.93. The molecule has 1 aromatic carbocycles. The molecule has 140 valence electrons. The molecular weight excluding hydrogens is 348 g/mol. The molecule has 0 radical (unpaired) electrons. The van der Waals surface area contributed by atoms with Gasteiger partial charge in [-0.2, -0.15) is 9.78 Å². The Morgan fingerprint density at radius 1 is 1.26 bits per heavy atom. The molecule has 10 heteroatoms. The summed E-state index contributed by atoms with van der Waals surface area (Å²) >= 11 is 0. The van der Waals surface area contributed by atoms with Gasteiger partial charge < -0.3 is 5.32 Å². The van der Waals surface area contributed by atoms with E-state index >= 15 is 0 Å². The van der Waals surface area contributed by atoms with E-state index in [1.807, 2.05) is 6.07 Å². The van der Waals surface area contributed by atoms with Crippen LogP contribution in [-0.2, 0) is 24.3 Å². The predicted octanol–water partition coefficient (Wildman–Crippen LogP) is 0.694. The lowest BCUT2D eigenvalue weighted by atomic mass is 10.2. The van der Waals surface area contributed by atoms with Gasteiger partial charge in [-0.3, -0.25) is 9.36 Å². The summed E-state index contributed by atoms with van der Waals surface area (Å²) in [4.78, 5) is 24.9. The van der Waals surface area contributed by atoms with Crippen LogP contribution in [0, 0.1) is 6.92 Å². The van der Waals surface area contributed by atoms with E-state index in [9.17, 15) is 9.59 Å². The van der Waals surface area contributed by atoms with E-state index in [-0.39, 0.29) is 18.1 Å². The first-order valence-corrected chi connectivity index (χ1v) is 8.93. The molecule has 1 N–H and O–H groups in total. The molecule has 0 saturated heterocycles. The van der Waals surface area contributed by atoms with Crippen LogP contribution >= 0.6 is 0 Å². The Balaban J connectivity index is 1.49. The summed E-state index contributed by atoms with van der Waals surface area (Å²) in [7, 11) is 0.